The minimum Gasteiger partial charge on any atom is -0.385 e. The second-order valence-corrected chi connectivity index (χ2v) is 4.99. The van der Waals surface area contributed by atoms with E-state index in [0.717, 1.165) is 25.0 Å². The van der Waals surface area contributed by atoms with Crippen LogP contribution in [0.1, 0.15) is 25.8 Å². The summed E-state index contributed by atoms with van der Waals surface area (Å²) < 4.78 is 17.9. The van der Waals surface area contributed by atoms with Crippen molar-refractivity contribution in [1.29, 1.82) is 0 Å². The van der Waals surface area contributed by atoms with Gasteiger partial charge in [0.2, 0.25) is 0 Å². The fourth-order valence-electron chi connectivity index (χ4n) is 1.84. The van der Waals surface area contributed by atoms with E-state index >= 15 is 0 Å². The van der Waals surface area contributed by atoms with Crippen LogP contribution in [0, 0.1) is 11.7 Å². The molecule has 0 saturated carbocycles. The van der Waals surface area contributed by atoms with Gasteiger partial charge in [-0.2, -0.15) is 0 Å². The summed E-state index contributed by atoms with van der Waals surface area (Å²) >= 11 is 0. The van der Waals surface area contributed by atoms with Crippen molar-refractivity contribution in [2.75, 3.05) is 13.7 Å². The third-order valence-electron chi connectivity index (χ3n) is 3.38. The van der Waals surface area contributed by atoms with Gasteiger partial charge < -0.3 is 10.5 Å². The molecule has 0 spiro atoms. The van der Waals surface area contributed by atoms with E-state index < -0.39 is 0 Å². The van der Waals surface area contributed by atoms with E-state index in [4.69, 9.17) is 10.5 Å². The Kier molecular flexibility index (Phi) is 5.09. The van der Waals surface area contributed by atoms with Crippen molar-refractivity contribution in [2.24, 2.45) is 11.7 Å². The Bertz CT molecular complexity index is 335. The summed E-state index contributed by atoms with van der Waals surface area (Å²) in [6.45, 7) is 4.89. The highest BCUT2D eigenvalue weighted by Crippen LogP contribution is 2.22. The number of nitrogens with two attached hydrogens (primary N) is 1. The van der Waals surface area contributed by atoms with E-state index in [1.807, 2.05) is 6.92 Å². The summed E-state index contributed by atoms with van der Waals surface area (Å²) in [5.74, 6) is 0.146. The van der Waals surface area contributed by atoms with Crippen LogP contribution in [0.3, 0.4) is 0 Å². The number of benzene rings is 1. The smallest absolute Gasteiger partial charge is 0.123 e. The highest BCUT2D eigenvalue weighted by atomic mass is 19.1. The molecule has 3 heteroatoms. The topological polar surface area (TPSA) is 35.2 Å². The third kappa shape index (κ3) is 4.44. The van der Waals surface area contributed by atoms with E-state index in [2.05, 4.69) is 6.92 Å². The van der Waals surface area contributed by atoms with Gasteiger partial charge >= 0.3 is 0 Å². The number of halogens is 1. The number of ether oxygens (including phenoxy) is 1. The predicted molar refractivity (Wildman–Crippen MR) is 68.4 cm³/mol. The molecule has 0 aliphatic rings. The first-order valence-corrected chi connectivity index (χ1v) is 5.98. The lowest BCUT2D eigenvalue weighted by molar-refractivity contribution is 0.159. The summed E-state index contributed by atoms with van der Waals surface area (Å²) in [5, 5.41) is 0. The Labute approximate surface area is 103 Å². The van der Waals surface area contributed by atoms with Crippen LogP contribution in [0.4, 0.5) is 4.39 Å². The van der Waals surface area contributed by atoms with E-state index in [1.54, 1.807) is 19.2 Å². The number of hydrogen-bond acceptors (Lipinski definition) is 2. The minimum absolute atomic E-state index is 0.208. The van der Waals surface area contributed by atoms with Crippen molar-refractivity contribution in [3.8, 4) is 0 Å². The van der Waals surface area contributed by atoms with Crippen molar-refractivity contribution in [3.05, 3.63) is 35.6 Å². The molecular weight excluding hydrogens is 217 g/mol. The van der Waals surface area contributed by atoms with Crippen LogP contribution in [0.15, 0.2) is 24.3 Å². The highest BCUT2D eigenvalue weighted by Gasteiger charge is 2.26. The van der Waals surface area contributed by atoms with Gasteiger partial charge in [0, 0.05) is 19.3 Å². The van der Waals surface area contributed by atoms with Gasteiger partial charge in [-0.1, -0.05) is 19.1 Å². The average Bonchev–Trinajstić information content (AvgIpc) is 2.28. The average molecular weight is 239 g/mol. The normalized spacial score (nSPS) is 16.5. The third-order valence-corrected chi connectivity index (χ3v) is 3.38. The van der Waals surface area contributed by atoms with E-state index in [0.29, 0.717) is 5.92 Å². The van der Waals surface area contributed by atoms with Crippen molar-refractivity contribution >= 4 is 0 Å². The van der Waals surface area contributed by atoms with Crippen LogP contribution in [0.25, 0.3) is 0 Å². The number of methoxy groups -OCH3 is 1. The molecule has 2 atom stereocenters. The van der Waals surface area contributed by atoms with E-state index in [1.165, 1.54) is 12.1 Å². The quantitative estimate of drug-likeness (QED) is 0.828. The molecule has 2 nitrogen and oxygen atoms in total. The summed E-state index contributed by atoms with van der Waals surface area (Å²) in [6.07, 6.45) is 1.68. The Morgan fingerprint density at radius 2 is 1.94 bits per heavy atom. The molecule has 0 bridgehead atoms. The zero-order valence-corrected chi connectivity index (χ0v) is 10.9. The molecule has 0 aliphatic carbocycles. The Morgan fingerprint density at radius 1 is 1.35 bits per heavy atom. The van der Waals surface area contributed by atoms with Crippen LogP contribution in [0.5, 0.6) is 0 Å². The first-order valence-electron chi connectivity index (χ1n) is 5.98. The van der Waals surface area contributed by atoms with Crippen molar-refractivity contribution in [3.63, 3.8) is 0 Å². The standard InChI is InChI=1S/C14H22FNO/c1-11(8-9-17-3)14(2,16)10-12-4-6-13(15)7-5-12/h4-7,11H,8-10,16H2,1-3H3. The van der Waals surface area contributed by atoms with Crippen LogP contribution in [-0.2, 0) is 11.2 Å². The van der Waals surface area contributed by atoms with Crippen LogP contribution < -0.4 is 5.73 Å². The largest absolute Gasteiger partial charge is 0.385 e. The Hall–Kier alpha value is -0.930. The molecule has 0 fully saturated rings. The first-order chi connectivity index (χ1) is 7.95. The molecular formula is C14H22FNO. The number of hydrogen-bond donors (Lipinski definition) is 1. The predicted octanol–water partition coefficient (Wildman–Crippen LogP) is 2.76. The van der Waals surface area contributed by atoms with Crippen LogP contribution in [0.2, 0.25) is 0 Å². The molecule has 0 aliphatic heterocycles. The van der Waals surface area contributed by atoms with Gasteiger partial charge in [0.25, 0.3) is 0 Å². The van der Waals surface area contributed by atoms with Gasteiger partial charge in [0.15, 0.2) is 0 Å². The molecule has 1 rings (SSSR count). The maximum Gasteiger partial charge on any atom is 0.123 e. The number of rotatable bonds is 6. The lowest BCUT2D eigenvalue weighted by Crippen LogP contribution is -2.45. The highest BCUT2D eigenvalue weighted by molar-refractivity contribution is 5.18. The SMILES string of the molecule is COCCC(C)C(C)(N)Cc1ccc(F)cc1. The van der Waals surface area contributed by atoms with Gasteiger partial charge in [0.05, 0.1) is 0 Å². The molecule has 0 amide bonds. The van der Waals surface area contributed by atoms with E-state index in [-0.39, 0.29) is 11.4 Å². The van der Waals surface area contributed by atoms with Crippen LogP contribution in [-0.4, -0.2) is 19.3 Å². The lowest BCUT2D eigenvalue weighted by atomic mass is 9.81. The fourth-order valence-corrected chi connectivity index (χ4v) is 1.84. The molecule has 0 heterocycles. The molecule has 2 unspecified atom stereocenters. The molecule has 96 valence electrons. The second kappa shape index (κ2) is 6.12. The summed E-state index contributed by atoms with van der Waals surface area (Å²) in [6, 6.07) is 6.55. The summed E-state index contributed by atoms with van der Waals surface area (Å²) in [4.78, 5) is 0. The molecule has 0 radical (unpaired) electrons. The first kappa shape index (κ1) is 14.1. The van der Waals surface area contributed by atoms with Crippen molar-refractivity contribution in [1.82, 2.24) is 0 Å². The van der Waals surface area contributed by atoms with E-state index in [9.17, 15) is 4.39 Å². The van der Waals surface area contributed by atoms with Gasteiger partial charge in [-0.05, 0) is 43.4 Å². The molecule has 17 heavy (non-hydrogen) atoms. The molecule has 0 aromatic heterocycles. The molecule has 1 aromatic carbocycles. The zero-order chi connectivity index (χ0) is 12.9. The van der Waals surface area contributed by atoms with Gasteiger partial charge in [-0.3, -0.25) is 0 Å². The second-order valence-electron chi connectivity index (χ2n) is 4.99. The maximum atomic E-state index is 12.8. The monoisotopic (exact) mass is 239 g/mol. The fraction of sp³-hybridized carbons (Fsp3) is 0.571. The van der Waals surface area contributed by atoms with Crippen molar-refractivity contribution in [2.45, 2.75) is 32.2 Å². The minimum atomic E-state index is -0.295. The van der Waals surface area contributed by atoms with Crippen LogP contribution >= 0.6 is 0 Å². The molecule has 2 N–H and O–H groups in total. The Balaban J connectivity index is 2.61. The lowest BCUT2D eigenvalue weighted by Gasteiger charge is -2.32. The summed E-state index contributed by atoms with van der Waals surface area (Å²) in [7, 11) is 1.69. The van der Waals surface area contributed by atoms with Crippen molar-refractivity contribution < 1.29 is 9.13 Å². The maximum absolute atomic E-state index is 12.8. The summed E-state index contributed by atoms with van der Waals surface area (Å²) in [5.41, 5.74) is 7.10. The zero-order valence-electron chi connectivity index (χ0n) is 10.9. The van der Waals surface area contributed by atoms with Gasteiger partial charge in [-0.25, -0.2) is 4.39 Å². The Morgan fingerprint density at radius 3 is 2.47 bits per heavy atom. The van der Waals surface area contributed by atoms with Gasteiger partial charge in [0.1, 0.15) is 5.82 Å². The molecule has 1 aromatic rings. The van der Waals surface area contributed by atoms with Gasteiger partial charge in [-0.15, -0.1) is 0 Å². The molecule has 0 saturated heterocycles.